The van der Waals surface area contributed by atoms with Crippen LogP contribution in [0.3, 0.4) is 0 Å². The predicted octanol–water partition coefficient (Wildman–Crippen LogP) is 2.76. The van der Waals surface area contributed by atoms with E-state index in [1.165, 1.54) is 57.9 Å². The highest BCUT2D eigenvalue weighted by atomic mass is 16.1. The van der Waals surface area contributed by atoms with Crippen LogP contribution < -0.4 is 0 Å². The molecule has 0 N–H and O–H groups in total. The van der Waals surface area contributed by atoms with E-state index in [4.69, 9.17) is 0 Å². The van der Waals surface area contributed by atoms with Gasteiger partial charge < -0.3 is 4.79 Å². The van der Waals surface area contributed by atoms with Gasteiger partial charge in [-0.1, -0.05) is 25.7 Å². The molecule has 1 unspecified atom stereocenters. The maximum absolute atomic E-state index is 10.7. The zero-order chi connectivity index (χ0) is 10.5. The summed E-state index contributed by atoms with van der Waals surface area (Å²) in [6.45, 7) is 1.24. The zero-order valence-electron chi connectivity index (χ0n) is 9.66. The maximum Gasteiger partial charge on any atom is 0.121 e. The minimum atomic E-state index is 0.569. The molecule has 86 valence electrons. The Hall–Kier alpha value is -0.370. The molecule has 1 aliphatic heterocycles. The van der Waals surface area contributed by atoms with Crippen LogP contribution in [-0.2, 0) is 4.79 Å². The molecule has 1 saturated carbocycles. The number of nitrogens with zero attached hydrogens (tertiary/aromatic N) is 1. The third-order valence-electron chi connectivity index (χ3n) is 4.08. The van der Waals surface area contributed by atoms with Gasteiger partial charge in [0.1, 0.15) is 6.29 Å². The first kappa shape index (κ1) is 11.1. The van der Waals surface area contributed by atoms with Crippen LogP contribution in [-0.4, -0.2) is 29.8 Å². The monoisotopic (exact) mass is 209 g/mol. The van der Waals surface area contributed by atoms with Crippen molar-refractivity contribution in [1.82, 2.24) is 4.90 Å². The second-order valence-corrected chi connectivity index (χ2v) is 5.08. The number of hydrogen-bond donors (Lipinski definition) is 0. The van der Waals surface area contributed by atoms with Crippen molar-refractivity contribution in [2.24, 2.45) is 0 Å². The second-order valence-electron chi connectivity index (χ2n) is 5.08. The van der Waals surface area contributed by atoms with Crippen LogP contribution in [0.2, 0.25) is 0 Å². The van der Waals surface area contributed by atoms with Gasteiger partial charge in [0.05, 0.1) is 0 Å². The minimum Gasteiger partial charge on any atom is -0.303 e. The van der Waals surface area contributed by atoms with Crippen LogP contribution in [0, 0.1) is 0 Å². The van der Waals surface area contributed by atoms with Crippen molar-refractivity contribution in [3.8, 4) is 0 Å². The molecule has 2 rings (SSSR count). The van der Waals surface area contributed by atoms with E-state index < -0.39 is 0 Å². The highest BCUT2D eigenvalue weighted by Crippen LogP contribution is 2.29. The lowest BCUT2D eigenvalue weighted by atomic mass is 9.89. The Morgan fingerprint density at radius 1 is 1.00 bits per heavy atom. The highest BCUT2D eigenvalue weighted by molar-refractivity contribution is 5.50. The van der Waals surface area contributed by atoms with Crippen molar-refractivity contribution in [2.75, 3.05) is 6.54 Å². The molecule has 1 saturated heterocycles. The molecule has 1 aliphatic carbocycles. The van der Waals surface area contributed by atoms with Crippen molar-refractivity contribution in [3.63, 3.8) is 0 Å². The smallest absolute Gasteiger partial charge is 0.121 e. The summed E-state index contributed by atoms with van der Waals surface area (Å²) in [6, 6.07) is 1.36. The second kappa shape index (κ2) is 5.64. The fourth-order valence-corrected chi connectivity index (χ4v) is 3.28. The molecule has 2 heteroatoms. The van der Waals surface area contributed by atoms with Crippen LogP contribution in [0.5, 0.6) is 0 Å². The molecular formula is C13H23NO. The Labute approximate surface area is 93.0 Å². The molecule has 0 radical (unpaired) electrons. The lowest BCUT2D eigenvalue weighted by Gasteiger charge is -2.42. The SMILES string of the molecule is O=CCC1CCCCN1C1CCCCC1. The van der Waals surface area contributed by atoms with Gasteiger partial charge in [-0.15, -0.1) is 0 Å². The van der Waals surface area contributed by atoms with Gasteiger partial charge in [0, 0.05) is 18.5 Å². The lowest BCUT2D eigenvalue weighted by molar-refractivity contribution is -0.109. The highest BCUT2D eigenvalue weighted by Gasteiger charge is 2.29. The van der Waals surface area contributed by atoms with E-state index in [-0.39, 0.29) is 0 Å². The Bertz CT molecular complexity index is 199. The molecule has 2 nitrogen and oxygen atoms in total. The van der Waals surface area contributed by atoms with Crippen molar-refractivity contribution in [1.29, 1.82) is 0 Å². The normalized spacial score (nSPS) is 30.3. The minimum absolute atomic E-state index is 0.569. The summed E-state index contributed by atoms with van der Waals surface area (Å²) in [4.78, 5) is 13.3. The Balaban J connectivity index is 1.93. The molecule has 1 atom stereocenters. The summed E-state index contributed by atoms with van der Waals surface area (Å²) in [6.07, 6.45) is 12.7. The summed E-state index contributed by atoms with van der Waals surface area (Å²) in [5.41, 5.74) is 0. The van der Waals surface area contributed by atoms with Crippen LogP contribution in [0.1, 0.15) is 57.8 Å². The molecule has 15 heavy (non-hydrogen) atoms. The van der Waals surface area contributed by atoms with E-state index in [9.17, 15) is 4.79 Å². The summed E-state index contributed by atoms with van der Waals surface area (Å²) in [5, 5.41) is 0. The van der Waals surface area contributed by atoms with Crippen molar-refractivity contribution in [3.05, 3.63) is 0 Å². The average molecular weight is 209 g/mol. The first-order valence-electron chi connectivity index (χ1n) is 6.61. The number of rotatable bonds is 3. The number of carbonyl (C=O) groups is 1. The van der Waals surface area contributed by atoms with Crippen molar-refractivity contribution < 1.29 is 4.79 Å². The molecule has 0 aromatic carbocycles. The van der Waals surface area contributed by atoms with Crippen molar-refractivity contribution in [2.45, 2.75) is 69.9 Å². The zero-order valence-corrected chi connectivity index (χ0v) is 9.66. The fraction of sp³-hybridized carbons (Fsp3) is 0.923. The van der Waals surface area contributed by atoms with Crippen LogP contribution in [0.15, 0.2) is 0 Å². The topological polar surface area (TPSA) is 20.3 Å². The standard InChI is InChI=1S/C13H23NO/c15-11-9-13-8-4-5-10-14(13)12-6-2-1-3-7-12/h11-13H,1-10H2. The third-order valence-corrected chi connectivity index (χ3v) is 4.08. The summed E-state index contributed by atoms with van der Waals surface area (Å²) in [7, 11) is 0. The first-order valence-corrected chi connectivity index (χ1v) is 6.61. The van der Waals surface area contributed by atoms with E-state index in [1.54, 1.807) is 0 Å². The average Bonchev–Trinajstić information content (AvgIpc) is 2.31. The molecular weight excluding hydrogens is 186 g/mol. The number of carbonyl (C=O) groups excluding carboxylic acids is 1. The van der Waals surface area contributed by atoms with Gasteiger partial charge in [0.15, 0.2) is 0 Å². The van der Waals surface area contributed by atoms with E-state index in [0.717, 1.165) is 18.7 Å². The molecule has 2 fully saturated rings. The molecule has 1 heterocycles. The number of aldehydes is 1. The molecule has 0 bridgehead atoms. The van der Waals surface area contributed by atoms with Crippen LogP contribution in [0.4, 0.5) is 0 Å². The van der Waals surface area contributed by atoms with Crippen LogP contribution >= 0.6 is 0 Å². The number of hydrogen-bond acceptors (Lipinski definition) is 2. The van der Waals surface area contributed by atoms with Gasteiger partial charge in [0.25, 0.3) is 0 Å². The number of likely N-dealkylation sites (tertiary alicyclic amines) is 1. The molecule has 0 amide bonds. The Morgan fingerprint density at radius 3 is 2.47 bits per heavy atom. The van der Waals surface area contributed by atoms with Gasteiger partial charge in [-0.3, -0.25) is 4.90 Å². The summed E-state index contributed by atoms with van der Waals surface area (Å²) < 4.78 is 0. The lowest BCUT2D eigenvalue weighted by Crippen LogP contribution is -2.47. The fourth-order valence-electron chi connectivity index (χ4n) is 3.28. The molecule has 0 aromatic heterocycles. The van der Waals surface area contributed by atoms with E-state index in [0.29, 0.717) is 6.04 Å². The quantitative estimate of drug-likeness (QED) is 0.666. The molecule has 2 aliphatic rings. The van der Waals surface area contributed by atoms with E-state index >= 15 is 0 Å². The number of piperidine rings is 1. The van der Waals surface area contributed by atoms with Gasteiger partial charge >= 0.3 is 0 Å². The molecule has 0 spiro atoms. The van der Waals surface area contributed by atoms with Gasteiger partial charge in [-0.05, 0) is 32.2 Å². The van der Waals surface area contributed by atoms with Crippen molar-refractivity contribution >= 4 is 6.29 Å². The Morgan fingerprint density at radius 2 is 1.73 bits per heavy atom. The largest absolute Gasteiger partial charge is 0.303 e. The van der Waals surface area contributed by atoms with E-state index in [1.807, 2.05) is 0 Å². The first-order chi connectivity index (χ1) is 7.42. The predicted molar refractivity (Wildman–Crippen MR) is 61.9 cm³/mol. The van der Waals surface area contributed by atoms with Gasteiger partial charge in [-0.25, -0.2) is 0 Å². The summed E-state index contributed by atoms with van der Waals surface area (Å²) in [5.74, 6) is 0. The van der Waals surface area contributed by atoms with Gasteiger partial charge in [-0.2, -0.15) is 0 Å². The Kier molecular flexibility index (Phi) is 4.18. The van der Waals surface area contributed by atoms with Crippen LogP contribution in [0.25, 0.3) is 0 Å². The maximum atomic E-state index is 10.7. The molecule has 0 aromatic rings. The van der Waals surface area contributed by atoms with Gasteiger partial charge in [0.2, 0.25) is 0 Å². The third kappa shape index (κ3) is 2.81. The summed E-state index contributed by atoms with van der Waals surface area (Å²) >= 11 is 0. The van der Waals surface area contributed by atoms with E-state index in [2.05, 4.69) is 4.90 Å².